The molecule has 208 valence electrons. The van der Waals surface area contributed by atoms with E-state index in [1.54, 1.807) is 10.6 Å². The molecule has 1 unspecified atom stereocenters. The highest BCUT2D eigenvalue weighted by atomic mass is 16.5. The molecule has 8 nitrogen and oxygen atoms in total. The summed E-state index contributed by atoms with van der Waals surface area (Å²) in [4.78, 5) is 44.1. The number of aromatic nitrogens is 1. The van der Waals surface area contributed by atoms with Crippen molar-refractivity contribution < 1.29 is 14.3 Å². The van der Waals surface area contributed by atoms with Gasteiger partial charge in [0.2, 0.25) is 5.91 Å². The van der Waals surface area contributed by atoms with Crippen molar-refractivity contribution >= 4 is 22.7 Å². The molecule has 0 bridgehead atoms. The molecule has 2 aliphatic heterocycles. The van der Waals surface area contributed by atoms with Crippen molar-refractivity contribution in [2.24, 2.45) is 5.92 Å². The van der Waals surface area contributed by atoms with E-state index in [0.717, 1.165) is 61.7 Å². The Kier molecular flexibility index (Phi) is 9.60. The number of nitrogens with one attached hydrogen (secondary N) is 1. The van der Waals surface area contributed by atoms with Crippen molar-refractivity contribution in [2.45, 2.75) is 71.9 Å². The van der Waals surface area contributed by atoms with Crippen LogP contribution in [0.25, 0.3) is 10.9 Å². The maximum Gasteiger partial charge on any atom is 0.264 e. The predicted molar refractivity (Wildman–Crippen MR) is 151 cm³/mol. The minimum atomic E-state index is -0.305. The van der Waals surface area contributed by atoms with Gasteiger partial charge < -0.3 is 19.5 Å². The van der Waals surface area contributed by atoms with E-state index in [0.29, 0.717) is 38.8 Å². The number of carbonyl (C=O) groups excluding carboxylic acids is 2. The lowest BCUT2D eigenvalue weighted by molar-refractivity contribution is -0.142. The summed E-state index contributed by atoms with van der Waals surface area (Å²) in [5.74, 6) is 0.261. The molecule has 2 fully saturated rings. The number of hydrogen-bond donors (Lipinski definition) is 1. The van der Waals surface area contributed by atoms with Crippen LogP contribution >= 0.6 is 0 Å². The van der Waals surface area contributed by atoms with Gasteiger partial charge in [0.25, 0.3) is 11.5 Å². The summed E-state index contributed by atoms with van der Waals surface area (Å²) in [5, 5.41) is 3.99. The van der Waals surface area contributed by atoms with Gasteiger partial charge in [0.1, 0.15) is 5.56 Å². The number of morpholine rings is 1. The first kappa shape index (κ1) is 28.3. The number of carbonyl (C=O) groups is 2. The molecule has 1 atom stereocenters. The highest BCUT2D eigenvalue weighted by Crippen LogP contribution is 2.23. The van der Waals surface area contributed by atoms with E-state index in [4.69, 9.17) is 4.74 Å². The zero-order chi connectivity index (χ0) is 27.2. The first-order valence-electron chi connectivity index (χ1n) is 14.4. The van der Waals surface area contributed by atoms with Gasteiger partial charge in [-0.3, -0.25) is 19.3 Å². The first-order valence-corrected chi connectivity index (χ1v) is 14.4. The smallest absolute Gasteiger partial charge is 0.264 e. The normalized spacial score (nSPS) is 18.2. The molecule has 2 saturated heterocycles. The van der Waals surface area contributed by atoms with E-state index >= 15 is 0 Å². The molecular formula is C30H44N4O4. The number of benzene rings is 1. The number of ether oxygens (including phenoxy) is 1. The third kappa shape index (κ3) is 6.29. The maximum atomic E-state index is 13.3. The summed E-state index contributed by atoms with van der Waals surface area (Å²) in [6.45, 7) is 12.9. The zero-order valence-electron chi connectivity index (χ0n) is 23.5. The summed E-state index contributed by atoms with van der Waals surface area (Å²) in [7, 11) is 0. The zero-order valence-corrected chi connectivity index (χ0v) is 23.5. The number of hydrogen-bond acceptors (Lipinski definition) is 5. The fraction of sp³-hybridized carbons (Fsp3) is 0.633. The molecule has 2 amide bonds. The largest absolute Gasteiger partial charge is 0.378 e. The number of aryl methyl sites for hydroxylation is 1. The summed E-state index contributed by atoms with van der Waals surface area (Å²) < 4.78 is 7.16. The molecule has 0 saturated carbocycles. The van der Waals surface area contributed by atoms with Crippen LogP contribution in [0.2, 0.25) is 0 Å². The number of pyridine rings is 1. The van der Waals surface area contributed by atoms with Crippen LogP contribution in [-0.4, -0.2) is 78.2 Å². The van der Waals surface area contributed by atoms with E-state index in [-0.39, 0.29) is 35.0 Å². The van der Waals surface area contributed by atoms with Gasteiger partial charge in [-0.15, -0.1) is 0 Å². The molecule has 0 spiro atoms. The SMILES string of the molecule is CCCCC(C(=O)N1CCOCC1)N1CCC(CNC(=O)c2cc3c(C)cccc3n(C(C)C)c2=O)CC1. The Labute approximate surface area is 226 Å². The second-order valence-electron chi connectivity index (χ2n) is 11.1. The summed E-state index contributed by atoms with van der Waals surface area (Å²) in [5.41, 5.74) is 1.86. The number of unbranched alkanes of at least 4 members (excludes halogenated alkanes) is 1. The maximum absolute atomic E-state index is 13.3. The van der Waals surface area contributed by atoms with Crippen molar-refractivity contribution in [3.05, 3.63) is 45.7 Å². The molecule has 2 aliphatic rings. The Balaban J connectivity index is 1.39. The highest BCUT2D eigenvalue weighted by Gasteiger charge is 2.33. The van der Waals surface area contributed by atoms with Crippen LogP contribution < -0.4 is 10.9 Å². The van der Waals surface area contributed by atoms with Crippen molar-refractivity contribution in [1.29, 1.82) is 0 Å². The molecule has 38 heavy (non-hydrogen) atoms. The lowest BCUT2D eigenvalue weighted by Crippen LogP contribution is -2.54. The van der Waals surface area contributed by atoms with Crippen LogP contribution in [-0.2, 0) is 9.53 Å². The summed E-state index contributed by atoms with van der Waals surface area (Å²) >= 11 is 0. The fourth-order valence-corrected chi connectivity index (χ4v) is 5.84. The van der Waals surface area contributed by atoms with Crippen LogP contribution in [0.4, 0.5) is 0 Å². The van der Waals surface area contributed by atoms with E-state index < -0.39 is 0 Å². The lowest BCUT2D eigenvalue weighted by Gasteiger charge is -2.39. The lowest BCUT2D eigenvalue weighted by atomic mass is 9.94. The van der Waals surface area contributed by atoms with Crippen molar-refractivity contribution in [3.63, 3.8) is 0 Å². The van der Waals surface area contributed by atoms with E-state index in [9.17, 15) is 14.4 Å². The van der Waals surface area contributed by atoms with Gasteiger partial charge in [-0.05, 0) is 76.7 Å². The van der Waals surface area contributed by atoms with E-state index in [2.05, 4.69) is 17.1 Å². The minimum Gasteiger partial charge on any atom is -0.378 e. The van der Waals surface area contributed by atoms with E-state index in [1.165, 1.54) is 0 Å². The number of fused-ring (bicyclic) bond motifs is 1. The van der Waals surface area contributed by atoms with Crippen molar-refractivity contribution in [1.82, 2.24) is 19.7 Å². The van der Waals surface area contributed by atoms with Crippen LogP contribution in [0.5, 0.6) is 0 Å². The van der Waals surface area contributed by atoms with Gasteiger partial charge in [0, 0.05) is 31.1 Å². The van der Waals surface area contributed by atoms with E-state index in [1.807, 2.05) is 43.9 Å². The predicted octanol–water partition coefficient (Wildman–Crippen LogP) is 3.75. The average molecular weight is 525 g/mol. The molecule has 1 aromatic carbocycles. The van der Waals surface area contributed by atoms with Crippen molar-refractivity contribution in [2.75, 3.05) is 45.9 Å². The average Bonchev–Trinajstić information content (AvgIpc) is 2.92. The summed E-state index contributed by atoms with van der Waals surface area (Å²) in [6, 6.07) is 7.52. The van der Waals surface area contributed by atoms with Crippen LogP contribution in [0.15, 0.2) is 29.1 Å². The Morgan fingerprint density at radius 3 is 2.47 bits per heavy atom. The molecule has 0 radical (unpaired) electrons. The number of amides is 2. The minimum absolute atomic E-state index is 0.0512. The molecular weight excluding hydrogens is 480 g/mol. The fourth-order valence-electron chi connectivity index (χ4n) is 5.84. The van der Waals surface area contributed by atoms with Crippen LogP contribution in [0.1, 0.15) is 74.8 Å². The number of rotatable bonds is 9. The highest BCUT2D eigenvalue weighted by molar-refractivity contribution is 5.98. The molecule has 4 rings (SSSR count). The molecule has 3 heterocycles. The number of piperidine rings is 1. The number of likely N-dealkylation sites (tertiary alicyclic amines) is 1. The van der Waals surface area contributed by atoms with Gasteiger partial charge in [-0.2, -0.15) is 0 Å². The Morgan fingerprint density at radius 1 is 1.11 bits per heavy atom. The molecule has 2 aromatic rings. The number of nitrogens with zero attached hydrogens (tertiary/aromatic N) is 3. The molecule has 0 aliphatic carbocycles. The van der Waals surface area contributed by atoms with Crippen LogP contribution in [0, 0.1) is 12.8 Å². The standard InChI is InChI=1S/C30H44N4O4/c1-5-6-9-27(30(37)33-15-17-38-18-16-33)32-13-11-23(12-14-32)20-31-28(35)25-19-24-22(4)8-7-10-26(24)34(21(2)3)29(25)36/h7-8,10,19,21,23,27H,5-6,9,11-18,20H2,1-4H3,(H,31,35). The molecule has 8 heteroatoms. The van der Waals surface area contributed by atoms with Gasteiger partial charge in [-0.1, -0.05) is 31.9 Å². The quantitative estimate of drug-likeness (QED) is 0.540. The molecule has 1 N–H and O–H groups in total. The summed E-state index contributed by atoms with van der Waals surface area (Å²) in [6.07, 6.45) is 4.84. The monoisotopic (exact) mass is 524 g/mol. The Morgan fingerprint density at radius 2 is 1.82 bits per heavy atom. The Bertz CT molecular complexity index is 1180. The second kappa shape index (κ2) is 12.9. The van der Waals surface area contributed by atoms with Gasteiger partial charge in [0.15, 0.2) is 0 Å². The molecule has 1 aromatic heterocycles. The van der Waals surface area contributed by atoms with Gasteiger partial charge >= 0.3 is 0 Å². The van der Waals surface area contributed by atoms with Crippen LogP contribution in [0.3, 0.4) is 0 Å². The van der Waals surface area contributed by atoms with Gasteiger partial charge in [0.05, 0.1) is 24.8 Å². The van der Waals surface area contributed by atoms with Crippen molar-refractivity contribution in [3.8, 4) is 0 Å². The second-order valence-corrected chi connectivity index (χ2v) is 11.1. The topological polar surface area (TPSA) is 83.9 Å². The third-order valence-electron chi connectivity index (χ3n) is 8.14. The van der Waals surface area contributed by atoms with Gasteiger partial charge in [-0.25, -0.2) is 0 Å². The first-order chi connectivity index (χ1) is 18.3. The Hall–Kier alpha value is -2.71. The third-order valence-corrected chi connectivity index (χ3v) is 8.14.